The molecule has 7 heteroatoms. The lowest BCUT2D eigenvalue weighted by atomic mass is 10.2. The Hall–Kier alpha value is -2.54. The number of ether oxygens (including phenoxy) is 1. The molecule has 28 heavy (non-hydrogen) atoms. The molecule has 0 saturated carbocycles. The highest BCUT2D eigenvalue weighted by Crippen LogP contribution is 2.21. The van der Waals surface area contributed by atoms with Crippen LogP contribution in [0.15, 0.2) is 48.5 Å². The standard InChI is InChI=1S/C21H28N2O4S/c1-15(2)27-20-8-6-7-18(13-20)14-22-21(24)17(4)23(28(5,25)26)19-11-9-16(3)10-12-19/h6-13,15,17H,14H2,1-5H3,(H,22,24)/t17-/m0/s1. The maximum absolute atomic E-state index is 12.7. The molecular weight excluding hydrogens is 376 g/mol. The minimum Gasteiger partial charge on any atom is -0.491 e. The van der Waals surface area contributed by atoms with Crippen molar-refractivity contribution >= 4 is 21.6 Å². The van der Waals surface area contributed by atoms with Crippen LogP contribution < -0.4 is 14.4 Å². The quantitative estimate of drug-likeness (QED) is 0.733. The predicted molar refractivity (Wildman–Crippen MR) is 112 cm³/mol. The summed E-state index contributed by atoms with van der Waals surface area (Å²) in [4.78, 5) is 12.7. The molecule has 2 aromatic carbocycles. The van der Waals surface area contributed by atoms with Gasteiger partial charge in [0, 0.05) is 6.54 Å². The van der Waals surface area contributed by atoms with Crippen LogP contribution in [-0.2, 0) is 21.4 Å². The highest BCUT2D eigenvalue weighted by Gasteiger charge is 2.28. The van der Waals surface area contributed by atoms with Gasteiger partial charge in [-0.2, -0.15) is 0 Å². The van der Waals surface area contributed by atoms with E-state index in [9.17, 15) is 13.2 Å². The maximum Gasteiger partial charge on any atom is 0.243 e. The van der Waals surface area contributed by atoms with Gasteiger partial charge in [-0.15, -0.1) is 0 Å². The number of benzene rings is 2. The molecule has 152 valence electrons. The molecule has 0 spiro atoms. The molecule has 1 N–H and O–H groups in total. The molecule has 0 aromatic heterocycles. The summed E-state index contributed by atoms with van der Waals surface area (Å²) >= 11 is 0. The number of aryl methyl sites for hydroxylation is 1. The van der Waals surface area contributed by atoms with Crippen LogP contribution in [-0.4, -0.2) is 32.7 Å². The molecule has 0 aliphatic heterocycles. The monoisotopic (exact) mass is 404 g/mol. The molecule has 0 fully saturated rings. The van der Waals surface area contributed by atoms with Gasteiger partial charge in [0.25, 0.3) is 0 Å². The number of anilines is 1. The lowest BCUT2D eigenvalue weighted by molar-refractivity contribution is -0.122. The number of nitrogens with one attached hydrogen (secondary N) is 1. The van der Waals surface area contributed by atoms with Gasteiger partial charge in [0.2, 0.25) is 15.9 Å². The van der Waals surface area contributed by atoms with E-state index in [4.69, 9.17) is 4.74 Å². The zero-order valence-electron chi connectivity index (χ0n) is 17.0. The zero-order chi connectivity index (χ0) is 20.9. The average molecular weight is 405 g/mol. The number of carbonyl (C=O) groups excluding carboxylic acids is 1. The Balaban J connectivity index is 2.12. The van der Waals surface area contributed by atoms with Crippen LogP contribution in [0.4, 0.5) is 5.69 Å². The van der Waals surface area contributed by atoms with Crippen LogP contribution in [0, 0.1) is 6.92 Å². The molecule has 0 saturated heterocycles. The smallest absolute Gasteiger partial charge is 0.243 e. The summed E-state index contributed by atoms with van der Waals surface area (Å²) in [6.45, 7) is 7.67. The third kappa shape index (κ3) is 5.99. The van der Waals surface area contributed by atoms with E-state index >= 15 is 0 Å². The molecule has 2 aromatic rings. The van der Waals surface area contributed by atoms with Crippen molar-refractivity contribution in [2.24, 2.45) is 0 Å². The molecule has 0 radical (unpaired) electrons. The normalized spacial score (nSPS) is 12.5. The Morgan fingerprint density at radius 3 is 2.32 bits per heavy atom. The number of carbonyl (C=O) groups is 1. The number of sulfonamides is 1. The van der Waals surface area contributed by atoms with Crippen molar-refractivity contribution in [2.75, 3.05) is 10.6 Å². The predicted octanol–water partition coefficient (Wildman–Crippen LogP) is 3.25. The maximum atomic E-state index is 12.7. The van der Waals surface area contributed by atoms with Crippen molar-refractivity contribution in [3.05, 3.63) is 59.7 Å². The van der Waals surface area contributed by atoms with Crippen LogP contribution in [0.5, 0.6) is 5.75 Å². The van der Waals surface area contributed by atoms with Gasteiger partial charge in [-0.3, -0.25) is 9.10 Å². The molecular formula is C21H28N2O4S. The van der Waals surface area contributed by atoms with Crippen LogP contribution >= 0.6 is 0 Å². The zero-order valence-corrected chi connectivity index (χ0v) is 17.8. The summed E-state index contributed by atoms with van der Waals surface area (Å²) in [7, 11) is -3.63. The summed E-state index contributed by atoms with van der Waals surface area (Å²) in [5, 5.41) is 2.81. The van der Waals surface area contributed by atoms with Crippen LogP contribution in [0.3, 0.4) is 0 Å². The topological polar surface area (TPSA) is 75.7 Å². The van der Waals surface area contributed by atoms with Crippen molar-refractivity contribution in [3.63, 3.8) is 0 Å². The summed E-state index contributed by atoms with van der Waals surface area (Å²) in [6, 6.07) is 13.6. The lowest BCUT2D eigenvalue weighted by Crippen LogP contribution is -2.47. The first kappa shape index (κ1) is 21.8. The number of amides is 1. The van der Waals surface area contributed by atoms with Gasteiger partial charge in [0.1, 0.15) is 11.8 Å². The number of nitrogens with zero attached hydrogens (tertiary/aromatic N) is 1. The molecule has 0 unspecified atom stereocenters. The lowest BCUT2D eigenvalue weighted by Gasteiger charge is -2.28. The first-order valence-corrected chi connectivity index (χ1v) is 11.0. The second kappa shape index (κ2) is 9.10. The van der Waals surface area contributed by atoms with Crippen molar-refractivity contribution in [2.45, 2.75) is 46.4 Å². The van der Waals surface area contributed by atoms with Crippen LogP contribution in [0.2, 0.25) is 0 Å². The third-order valence-electron chi connectivity index (χ3n) is 4.11. The molecule has 0 bridgehead atoms. The van der Waals surface area contributed by atoms with Gasteiger partial charge in [-0.1, -0.05) is 29.8 Å². The molecule has 6 nitrogen and oxygen atoms in total. The van der Waals surface area contributed by atoms with Gasteiger partial charge in [0.05, 0.1) is 18.0 Å². The second-order valence-electron chi connectivity index (χ2n) is 7.10. The number of rotatable bonds is 8. The van der Waals surface area contributed by atoms with E-state index in [1.807, 2.05) is 57.2 Å². The molecule has 0 aliphatic carbocycles. The Morgan fingerprint density at radius 2 is 1.75 bits per heavy atom. The molecule has 1 atom stereocenters. The minimum absolute atomic E-state index is 0.0580. The largest absolute Gasteiger partial charge is 0.491 e. The molecule has 0 aliphatic rings. The van der Waals surface area contributed by atoms with Crippen molar-refractivity contribution < 1.29 is 17.9 Å². The Bertz CT molecular complexity index is 908. The van der Waals surface area contributed by atoms with E-state index in [1.54, 1.807) is 19.1 Å². The number of hydrogen-bond donors (Lipinski definition) is 1. The first-order valence-electron chi connectivity index (χ1n) is 9.17. The van der Waals surface area contributed by atoms with Gasteiger partial charge in [-0.25, -0.2) is 8.42 Å². The summed E-state index contributed by atoms with van der Waals surface area (Å²) in [6.07, 6.45) is 1.16. The van der Waals surface area contributed by atoms with Gasteiger partial charge in [-0.05, 0) is 57.5 Å². The van der Waals surface area contributed by atoms with E-state index in [0.29, 0.717) is 5.69 Å². The van der Waals surface area contributed by atoms with E-state index in [2.05, 4.69) is 5.32 Å². The Labute approximate surface area is 167 Å². The van der Waals surface area contributed by atoms with Crippen LogP contribution in [0.25, 0.3) is 0 Å². The average Bonchev–Trinajstić information content (AvgIpc) is 2.60. The van der Waals surface area contributed by atoms with Crippen molar-refractivity contribution in [3.8, 4) is 5.75 Å². The molecule has 0 heterocycles. The van der Waals surface area contributed by atoms with E-state index in [0.717, 1.165) is 27.4 Å². The van der Waals surface area contributed by atoms with Crippen molar-refractivity contribution in [1.82, 2.24) is 5.32 Å². The number of hydrogen-bond acceptors (Lipinski definition) is 4. The third-order valence-corrected chi connectivity index (χ3v) is 5.36. The highest BCUT2D eigenvalue weighted by molar-refractivity contribution is 7.92. The Morgan fingerprint density at radius 1 is 1.11 bits per heavy atom. The van der Waals surface area contributed by atoms with E-state index in [-0.39, 0.29) is 18.6 Å². The SMILES string of the molecule is Cc1ccc(N([C@@H](C)C(=O)NCc2cccc(OC(C)C)c2)S(C)(=O)=O)cc1. The van der Waals surface area contributed by atoms with Crippen LogP contribution in [0.1, 0.15) is 31.9 Å². The summed E-state index contributed by atoms with van der Waals surface area (Å²) in [5.74, 6) is 0.355. The van der Waals surface area contributed by atoms with Gasteiger partial charge < -0.3 is 10.1 Å². The van der Waals surface area contributed by atoms with Gasteiger partial charge in [0.15, 0.2) is 0 Å². The first-order chi connectivity index (χ1) is 13.1. The molecule has 2 rings (SSSR count). The van der Waals surface area contributed by atoms with E-state index < -0.39 is 16.1 Å². The minimum atomic E-state index is -3.63. The summed E-state index contributed by atoms with van der Waals surface area (Å²) in [5.41, 5.74) is 2.35. The fourth-order valence-corrected chi connectivity index (χ4v) is 4.01. The summed E-state index contributed by atoms with van der Waals surface area (Å²) < 4.78 is 31.4. The fraction of sp³-hybridized carbons (Fsp3) is 0.381. The highest BCUT2D eigenvalue weighted by atomic mass is 32.2. The van der Waals surface area contributed by atoms with Gasteiger partial charge >= 0.3 is 0 Å². The fourth-order valence-electron chi connectivity index (χ4n) is 2.84. The second-order valence-corrected chi connectivity index (χ2v) is 8.96. The molecule has 1 amide bonds. The van der Waals surface area contributed by atoms with E-state index in [1.165, 1.54) is 0 Å². The Kier molecular flexibility index (Phi) is 7.07. The van der Waals surface area contributed by atoms with Crippen molar-refractivity contribution in [1.29, 1.82) is 0 Å².